The molecular formula is C14H21BrN2O. The van der Waals surface area contributed by atoms with Crippen molar-refractivity contribution in [2.45, 2.75) is 51.5 Å². The Kier molecular flexibility index (Phi) is 4.87. The van der Waals surface area contributed by atoms with Gasteiger partial charge in [0.15, 0.2) is 0 Å². The number of amides is 1. The van der Waals surface area contributed by atoms with E-state index in [1.165, 1.54) is 32.1 Å². The van der Waals surface area contributed by atoms with Crippen LogP contribution in [0.2, 0.25) is 0 Å². The second-order valence-corrected chi connectivity index (χ2v) is 5.91. The van der Waals surface area contributed by atoms with Gasteiger partial charge in [-0.2, -0.15) is 0 Å². The zero-order valence-corrected chi connectivity index (χ0v) is 12.5. The highest BCUT2D eigenvalue weighted by Crippen LogP contribution is 2.37. The van der Waals surface area contributed by atoms with E-state index in [1.54, 1.807) is 0 Å². The van der Waals surface area contributed by atoms with Crippen LogP contribution in [0.25, 0.3) is 0 Å². The molecule has 1 aliphatic rings. The van der Waals surface area contributed by atoms with Crippen LogP contribution in [0, 0.1) is 0 Å². The Hall–Kier alpha value is -0.770. The molecule has 0 aliphatic heterocycles. The largest absolute Gasteiger partial charge is 0.351 e. The first-order valence-electron chi connectivity index (χ1n) is 6.88. The Balaban J connectivity index is 1.84. The molecule has 1 fully saturated rings. The van der Waals surface area contributed by atoms with Crippen molar-refractivity contribution in [3.63, 3.8) is 0 Å². The number of nitrogens with zero attached hydrogens (tertiary/aromatic N) is 1. The fraction of sp³-hybridized carbons (Fsp3) is 0.643. The number of unbranched alkanes of at least 4 members (excludes halogenated alkanes) is 3. The molecule has 0 bridgehead atoms. The van der Waals surface area contributed by atoms with Gasteiger partial charge in [0.2, 0.25) is 0 Å². The molecule has 1 aromatic heterocycles. The maximum Gasteiger partial charge on any atom is 0.267 e. The smallest absolute Gasteiger partial charge is 0.267 e. The zero-order valence-electron chi connectivity index (χ0n) is 10.9. The number of carbonyl (C=O) groups excluding carboxylic acids is 1. The minimum atomic E-state index is 0.0594. The zero-order chi connectivity index (χ0) is 13.0. The van der Waals surface area contributed by atoms with Crippen molar-refractivity contribution in [1.82, 2.24) is 9.88 Å². The van der Waals surface area contributed by atoms with Crippen molar-refractivity contribution in [2.24, 2.45) is 0 Å². The second kappa shape index (κ2) is 6.41. The molecule has 0 atom stereocenters. The van der Waals surface area contributed by atoms with Gasteiger partial charge >= 0.3 is 0 Å². The molecule has 0 aromatic carbocycles. The molecule has 0 unspecified atom stereocenters. The highest BCUT2D eigenvalue weighted by Gasteiger charge is 2.27. The third-order valence-corrected chi connectivity index (χ3v) is 3.74. The van der Waals surface area contributed by atoms with Crippen molar-refractivity contribution in [1.29, 1.82) is 0 Å². The van der Waals surface area contributed by atoms with Crippen LogP contribution in [-0.4, -0.2) is 17.0 Å². The van der Waals surface area contributed by atoms with E-state index in [2.05, 4.69) is 32.7 Å². The van der Waals surface area contributed by atoms with E-state index in [1.807, 2.05) is 12.3 Å². The number of hydrogen-bond donors (Lipinski definition) is 1. The number of hydrogen-bond acceptors (Lipinski definition) is 1. The summed E-state index contributed by atoms with van der Waals surface area (Å²) in [5, 5.41) is 3.01. The normalized spacial score (nSPS) is 14.8. The Morgan fingerprint density at radius 3 is 2.89 bits per heavy atom. The first-order valence-corrected chi connectivity index (χ1v) is 7.67. The molecule has 2 rings (SSSR count). The van der Waals surface area contributed by atoms with E-state index in [0.717, 1.165) is 23.1 Å². The molecule has 1 N–H and O–H groups in total. The Bertz CT molecular complexity index is 410. The van der Waals surface area contributed by atoms with Crippen LogP contribution in [0.5, 0.6) is 0 Å². The van der Waals surface area contributed by atoms with Gasteiger partial charge in [0.05, 0.1) is 0 Å². The van der Waals surface area contributed by atoms with Crippen LogP contribution < -0.4 is 5.32 Å². The van der Waals surface area contributed by atoms with Gasteiger partial charge in [-0.3, -0.25) is 4.79 Å². The van der Waals surface area contributed by atoms with Gasteiger partial charge in [0, 0.05) is 23.3 Å². The van der Waals surface area contributed by atoms with Crippen LogP contribution in [0.3, 0.4) is 0 Å². The third kappa shape index (κ3) is 3.61. The average molecular weight is 313 g/mol. The maximum atomic E-state index is 12.1. The summed E-state index contributed by atoms with van der Waals surface area (Å²) in [6.07, 6.45) is 9.15. The van der Waals surface area contributed by atoms with Gasteiger partial charge in [-0.25, -0.2) is 0 Å². The van der Waals surface area contributed by atoms with E-state index in [9.17, 15) is 4.79 Å². The van der Waals surface area contributed by atoms with Crippen LogP contribution in [0.15, 0.2) is 16.7 Å². The number of aromatic nitrogens is 1. The van der Waals surface area contributed by atoms with E-state index < -0.39 is 0 Å². The van der Waals surface area contributed by atoms with Crippen molar-refractivity contribution in [3.05, 3.63) is 22.4 Å². The van der Waals surface area contributed by atoms with Crippen LogP contribution in [0.4, 0.5) is 0 Å². The van der Waals surface area contributed by atoms with Gasteiger partial charge in [-0.05, 0) is 41.3 Å². The van der Waals surface area contributed by atoms with Crippen molar-refractivity contribution in [2.75, 3.05) is 6.54 Å². The minimum Gasteiger partial charge on any atom is -0.351 e. The lowest BCUT2D eigenvalue weighted by atomic mass is 10.2. The number of halogens is 1. The predicted molar refractivity (Wildman–Crippen MR) is 76.9 cm³/mol. The number of nitrogens with one attached hydrogen (secondary N) is 1. The summed E-state index contributed by atoms with van der Waals surface area (Å²) < 4.78 is 3.09. The molecule has 0 radical (unpaired) electrons. The van der Waals surface area contributed by atoms with E-state index in [0.29, 0.717) is 6.04 Å². The van der Waals surface area contributed by atoms with Gasteiger partial charge in [-0.1, -0.05) is 26.2 Å². The molecule has 4 heteroatoms. The second-order valence-electron chi connectivity index (χ2n) is 5.00. The lowest BCUT2D eigenvalue weighted by molar-refractivity contribution is 0.0943. The van der Waals surface area contributed by atoms with Gasteiger partial charge in [0.1, 0.15) is 5.69 Å². The average Bonchev–Trinajstić information content (AvgIpc) is 3.12. The summed E-state index contributed by atoms with van der Waals surface area (Å²) in [6, 6.07) is 2.46. The molecule has 0 saturated heterocycles. The fourth-order valence-corrected chi connectivity index (χ4v) is 2.56. The molecule has 1 aromatic rings. The summed E-state index contributed by atoms with van der Waals surface area (Å²) in [4.78, 5) is 12.1. The van der Waals surface area contributed by atoms with E-state index >= 15 is 0 Å². The van der Waals surface area contributed by atoms with Crippen molar-refractivity contribution in [3.8, 4) is 0 Å². The predicted octanol–water partition coefficient (Wildman–Crippen LogP) is 3.90. The topological polar surface area (TPSA) is 34.0 Å². The molecule has 0 spiro atoms. The molecule has 1 aliphatic carbocycles. The summed E-state index contributed by atoms with van der Waals surface area (Å²) >= 11 is 3.45. The molecule has 1 saturated carbocycles. The Morgan fingerprint density at radius 1 is 1.44 bits per heavy atom. The quantitative estimate of drug-likeness (QED) is 0.761. The van der Waals surface area contributed by atoms with Crippen molar-refractivity contribution < 1.29 is 4.79 Å². The fourth-order valence-electron chi connectivity index (χ4n) is 2.13. The molecule has 1 amide bonds. The summed E-state index contributed by atoms with van der Waals surface area (Å²) in [6.45, 7) is 2.98. The minimum absolute atomic E-state index is 0.0594. The van der Waals surface area contributed by atoms with Crippen molar-refractivity contribution >= 4 is 21.8 Å². The molecular weight excluding hydrogens is 292 g/mol. The monoisotopic (exact) mass is 312 g/mol. The molecule has 1 heterocycles. The van der Waals surface area contributed by atoms with E-state index in [4.69, 9.17) is 0 Å². The van der Waals surface area contributed by atoms with Gasteiger partial charge < -0.3 is 9.88 Å². The van der Waals surface area contributed by atoms with Crippen LogP contribution >= 0.6 is 15.9 Å². The first-order chi connectivity index (χ1) is 8.72. The standard InChI is InChI=1S/C14H21BrN2O/c1-2-3-4-5-8-16-14(18)13-9-11(15)10-17(13)12-6-7-12/h9-10,12H,2-8H2,1H3,(H,16,18). The summed E-state index contributed by atoms with van der Waals surface area (Å²) in [5.74, 6) is 0.0594. The number of rotatable bonds is 7. The number of carbonyl (C=O) groups is 1. The first kappa shape index (κ1) is 13.7. The van der Waals surface area contributed by atoms with Crippen LogP contribution in [-0.2, 0) is 0 Å². The third-order valence-electron chi connectivity index (χ3n) is 3.30. The summed E-state index contributed by atoms with van der Waals surface area (Å²) in [7, 11) is 0. The molecule has 3 nitrogen and oxygen atoms in total. The maximum absolute atomic E-state index is 12.1. The lowest BCUT2D eigenvalue weighted by Crippen LogP contribution is -2.26. The van der Waals surface area contributed by atoms with Crippen LogP contribution in [0.1, 0.15) is 62.0 Å². The SMILES string of the molecule is CCCCCCNC(=O)c1cc(Br)cn1C1CC1. The lowest BCUT2D eigenvalue weighted by Gasteiger charge is -2.08. The molecule has 100 valence electrons. The Morgan fingerprint density at radius 2 is 2.22 bits per heavy atom. The van der Waals surface area contributed by atoms with Gasteiger partial charge in [-0.15, -0.1) is 0 Å². The molecule has 18 heavy (non-hydrogen) atoms. The highest BCUT2D eigenvalue weighted by molar-refractivity contribution is 9.10. The summed E-state index contributed by atoms with van der Waals surface area (Å²) in [5.41, 5.74) is 0.792. The Labute approximate surface area is 117 Å². The van der Waals surface area contributed by atoms with E-state index in [-0.39, 0.29) is 5.91 Å². The van der Waals surface area contributed by atoms with Gasteiger partial charge in [0.25, 0.3) is 5.91 Å². The highest BCUT2D eigenvalue weighted by atomic mass is 79.9.